The highest BCUT2D eigenvalue weighted by atomic mass is 19.1. The van der Waals surface area contributed by atoms with Gasteiger partial charge in [-0.2, -0.15) is 0 Å². The maximum atomic E-state index is 13.6. The van der Waals surface area contributed by atoms with Crippen molar-refractivity contribution in [1.82, 2.24) is 15.8 Å². The van der Waals surface area contributed by atoms with E-state index in [1.165, 1.54) is 6.07 Å². The topological polar surface area (TPSA) is 53.6 Å². The molecule has 6 heteroatoms. The number of carbonyl (C=O) groups excluding carboxylic acids is 1. The van der Waals surface area contributed by atoms with Crippen LogP contribution < -0.4 is 10.9 Å². The van der Waals surface area contributed by atoms with E-state index in [1.54, 1.807) is 12.1 Å². The van der Waals surface area contributed by atoms with Crippen LogP contribution in [-0.4, -0.2) is 49.2 Å². The Balaban J connectivity index is 1.56. The molecule has 2 heterocycles. The van der Waals surface area contributed by atoms with Crippen molar-refractivity contribution in [3.63, 3.8) is 0 Å². The number of hydrogen-bond donors (Lipinski definition) is 2. The van der Waals surface area contributed by atoms with Gasteiger partial charge in [-0.25, -0.2) is 4.39 Å². The van der Waals surface area contributed by atoms with E-state index < -0.39 is 0 Å². The first-order valence-electron chi connectivity index (χ1n) is 9.18. The number of halogens is 1. The number of piperidine rings is 1. The predicted octanol–water partition coefficient (Wildman–Crippen LogP) is 2.05. The second-order valence-electron chi connectivity index (χ2n) is 7.29. The highest BCUT2D eigenvalue weighted by Gasteiger charge is 2.36. The van der Waals surface area contributed by atoms with Gasteiger partial charge in [0, 0.05) is 31.6 Å². The summed E-state index contributed by atoms with van der Waals surface area (Å²) >= 11 is 0. The second kappa shape index (κ2) is 8.25. The molecule has 2 unspecified atom stereocenters. The lowest BCUT2D eigenvalue weighted by atomic mass is 9.80. The molecule has 2 saturated heterocycles. The smallest absolute Gasteiger partial charge is 0.248 e. The lowest BCUT2D eigenvalue weighted by Crippen LogP contribution is -2.46. The van der Waals surface area contributed by atoms with Crippen LogP contribution in [0.1, 0.15) is 38.2 Å². The van der Waals surface area contributed by atoms with Crippen molar-refractivity contribution in [2.45, 2.75) is 44.8 Å². The van der Waals surface area contributed by atoms with Gasteiger partial charge in [-0.15, -0.1) is 0 Å². The number of nitrogens with one attached hydrogen (secondary N) is 2. The van der Waals surface area contributed by atoms with Gasteiger partial charge in [0.25, 0.3) is 0 Å². The summed E-state index contributed by atoms with van der Waals surface area (Å²) in [5.74, 6) is 0.616. The highest BCUT2D eigenvalue weighted by Crippen LogP contribution is 2.32. The van der Waals surface area contributed by atoms with Crippen LogP contribution >= 0.6 is 0 Å². The number of ether oxygens (including phenoxy) is 1. The Labute approximate surface area is 148 Å². The molecule has 2 aliphatic heterocycles. The maximum Gasteiger partial charge on any atom is 0.248 e. The molecule has 0 saturated carbocycles. The molecule has 138 valence electrons. The molecule has 3 rings (SSSR count). The van der Waals surface area contributed by atoms with Crippen molar-refractivity contribution in [2.75, 3.05) is 26.2 Å². The monoisotopic (exact) mass is 349 g/mol. The van der Waals surface area contributed by atoms with Crippen LogP contribution in [0, 0.1) is 11.7 Å². The molecule has 0 spiro atoms. The van der Waals surface area contributed by atoms with Crippen LogP contribution in [0.25, 0.3) is 0 Å². The summed E-state index contributed by atoms with van der Waals surface area (Å²) in [5.41, 5.74) is 7.64. The summed E-state index contributed by atoms with van der Waals surface area (Å²) in [4.78, 5) is 14.1. The van der Waals surface area contributed by atoms with Crippen molar-refractivity contribution in [2.24, 2.45) is 5.92 Å². The van der Waals surface area contributed by atoms with E-state index >= 15 is 0 Å². The van der Waals surface area contributed by atoms with E-state index in [9.17, 15) is 9.18 Å². The Morgan fingerprint density at radius 1 is 1.36 bits per heavy atom. The number of benzene rings is 1. The lowest BCUT2D eigenvalue weighted by Gasteiger charge is -2.36. The van der Waals surface area contributed by atoms with Gasteiger partial charge < -0.3 is 9.64 Å². The van der Waals surface area contributed by atoms with Crippen LogP contribution in [0.2, 0.25) is 0 Å². The van der Waals surface area contributed by atoms with Crippen LogP contribution in [0.4, 0.5) is 4.39 Å². The highest BCUT2D eigenvalue weighted by molar-refractivity contribution is 5.77. The Hall–Kier alpha value is -1.50. The molecule has 0 aromatic heterocycles. The third kappa shape index (κ3) is 4.57. The largest absolute Gasteiger partial charge is 0.369 e. The summed E-state index contributed by atoms with van der Waals surface area (Å²) in [6.45, 7) is 6.36. The minimum absolute atomic E-state index is 0.0716. The minimum Gasteiger partial charge on any atom is -0.369 e. The molecule has 0 aliphatic carbocycles. The quantitative estimate of drug-likeness (QED) is 0.854. The molecule has 0 bridgehead atoms. The number of hydrazine groups is 1. The van der Waals surface area contributed by atoms with Crippen LogP contribution in [0.15, 0.2) is 24.3 Å². The summed E-state index contributed by atoms with van der Waals surface area (Å²) in [7, 11) is 0. The zero-order valence-corrected chi connectivity index (χ0v) is 15.0. The normalized spacial score (nSPS) is 24.9. The van der Waals surface area contributed by atoms with Crippen molar-refractivity contribution in [1.29, 1.82) is 0 Å². The maximum absolute atomic E-state index is 13.6. The van der Waals surface area contributed by atoms with Crippen LogP contribution in [0.3, 0.4) is 0 Å². The second-order valence-corrected chi connectivity index (χ2v) is 7.29. The molecule has 5 nitrogen and oxygen atoms in total. The molecular weight excluding hydrogens is 321 g/mol. The SMILES string of the molecule is CC(C)OCC(=O)N1CCC(C2NNCC2c2cccc(F)c2)CC1. The first kappa shape index (κ1) is 18.3. The van der Waals surface area contributed by atoms with E-state index in [0.717, 1.165) is 38.0 Å². The molecule has 2 atom stereocenters. The fraction of sp³-hybridized carbons (Fsp3) is 0.632. The van der Waals surface area contributed by atoms with E-state index in [1.807, 2.05) is 24.8 Å². The summed E-state index contributed by atoms with van der Waals surface area (Å²) in [5, 5.41) is 0. The Kier molecular flexibility index (Phi) is 6.04. The minimum atomic E-state index is -0.186. The predicted molar refractivity (Wildman–Crippen MR) is 94.5 cm³/mol. The Bertz CT molecular complexity index is 588. The molecule has 2 fully saturated rings. The first-order chi connectivity index (χ1) is 12.0. The average Bonchev–Trinajstić information content (AvgIpc) is 3.09. The number of amides is 1. The van der Waals surface area contributed by atoms with Gasteiger partial charge in [-0.1, -0.05) is 12.1 Å². The summed E-state index contributed by atoms with van der Waals surface area (Å²) in [6.07, 6.45) is 1.99. The molecule has 1 aromatic rings. The number of rotatable bonds is 5. The molecular formula is C19H28FN3O2. The van der Waals surface area contributed by atoms with E-state index in [2.05, 4.69) is 10.9 Å². The zero-order chi connectivity index (χ0) is 17.8. The van der Waals surface area contributed by atoms with Crippen molar-refractivity contribution >= 4 is 5.91 Å². The number of likely N-dealkylation sites (tertiary alicyclic amines) is 1. The standard InChI is InChI=1S/C19H28FN3O2/c1-13(2)25-12-18(24)23-8-6-14(7-9-23)19-17(11-21-22-19)15-4-3-5-16(20)10-15/h3-5,10,13-14,17,19,21-22H,6-9,11-12H2,1-2H3. The van der Waals surface area contributed by atoms with Crippen molar-refractivity contribution in [3.8, 4) is 0 Å². The van der Waals surface area contributed by atoms with Gasteiger partial charge in [0.05, 0.1) is 6.10 Å². The van der Waals surface area contributed by atoms with Crippen molar-refractivity contribution < 1.29 is 13.9 Å². The van der Waals surface area contributed by atoms with E-state index in [4.69, 9.17) is 4.74 Å². The van der Waals surface area contributed by atoms with E-state index in [0.29, 0.717) is 5.92 Å². The number of carbonyl (C=O) groups is 1. The van der Waals surface area contributed by atoms with Gasteiger partial charge in [0.1, 0.15) is 12.4 Å². The van der Waals surface area contributed by atoms with Gasteiger partial charge in [-0.05, 0) is 50.3 Å². The van der Waals surface area contributed by atoms with Crippen LogP contribution in [-0.2, 0) is 9.53 Å². The van der Waals surface area contributed by atoms with E-state index in [-0.39, 0.29) is 36.4 Å². The first-order valence-corrected chi connectivity index (χ1v) is 9.18. The number of nitrogens with zero attached hydrogens (tertiary/aromatic N) is 1. The van der Waals surface area contributed by atoms with Gasteiger partial charge in [0.15, 0.2) is 0 Å². The Morgan fingerprint density at radius 2 is 2.12 bits per heavy atom. The third-order valence-corrected chi connectivity index (χ3v) is 5.24. The summed E-state index contributed by atoms with van der Waals surface area (Å²) < 4.78 is 19.0. The number of hydrogen-bond acceptors (Lipinski definition) is 4. The summed E-state index contributed by atoms with van der Waals surface area (Å²) in [6, 6.07) is 7.16. The van der Waals surface area contributed by atoms with Gasteiger partial charge in [0.2, 0.25) is 5.91 Å². The van der Waals surface area contributed by atoms with Crippen molar-refractivity contribution in [3.05, 3.63) is 35.6 Å². The fourth-order valence-electron chi connectivity index (χ4n) is 3.86. The zero-order valence-electron chi connectivity index (χ0n) is 15.0. The average molecular weight is 349 g/mol. The Morgan fingerprint density at radius 3 is 2.80 bits per heavy atom. The van der Waals surface area contributed by atoms with Gasteiger partial charge >= 0.3 is 0 Å². The molecule has 25 heavy (non-hydrogen) atoms. The molecule has 2 aliphatic rings. The van der Waals surface area contributed by atoms with Crippen LogP contribution in [0.5, 0.6) is 0 Å². The van der Waals surface area contributed by atoms with Gasteiger partial charge in [-0.3, -0.25) is 15.6 Å². The molecule has 2 N–H and O–H groups in total. The lowest BCUT2D eigenvalue weighted by molar-refractivity contribution is -0.139. The third-order valence-electron chi connectivity index (χ3n) is 5.24. The molecule has 1 aromatic carbocycles. The fourth-order valence-corrected chi connectivity index (χ4v) is 3.86. The molecule has 1 amide bonds. The molecule has 0 radical (unpaired) electrons.